The fraction of sp³-hybridized carbons (Fsp3) is 0.143. The number of furan rings is 1. The first-order chi connectivity index (χ1) is 25.4. The smallest absolute Gasteiger partial charge is 0.137 e. The van der Waals surface area contributed by atoms with Crippen LogP contribution in [0.25, 0.3) is 42.1 Å². The molecule has 0 bridgehead atoms. The molecule has 7 aromatic carbocycles. The number of fused-ring (bicyclic) bond motifs is 6. The van der Waals surface area contributed by atoms with Crippen LogP contribution in [0.1, 0.15) is 55.4 Å². The Hall–Kier alpha value is -5.64. The van der Waals surface area contributed by atoms with E-state index in [1.54, 1.807) is 0 Å². The Kier molecular flexibility index (Phi) is 8.17. The summed E-state index contributed by atoms with van der Waals surface area (Å²) >= 11 is 1.91. The largest absolute Gasteiger partial charge is 0.456 e. The molecule has 0 radical (unpaired) electrons. The van der Waals surface area contributed by atoms with Crippen molar-refractivity contribution in [3.05, 3.63) is 186 Å². The number of aryl methyl sites for hydroxylation is 1. The molecule has 0 aliphatic rings. The van der Waals surface area contributed by atoms with Gasteiger partial charge in [-0.05, 0) is 107 Å². The number of hydrogen-bond acceptors (Lipinski definition) is 3. The van der Waals surface area contributed by atoms with Crippen molar-refractivity contribution in [3.63, 3.8) is 0 Å². The molecule has 0 aliphatic heterocycles. The molecule has 1 unspecified atom stereocenters. The zero-order chi connectivity index (χ0) is 35.2. The van der Waals surface area contributed by atoms with Crippen molar-refractivity contribution in [3.8, 4) is 0 Å². The minimum atomic E-state index is 0.137. The summed E-state index contributed by atoms with van der Waals surface area (Å²) in [6.45, 7) is 6.87. The Balaban J connectivity index is 1.12. The molecule has 0 amide bonds. The van der Waals surface area contributed by atoms with Crippen molar-refractivity contribution in [2.24, 2.45) is 0 Å². The topological polar surface area (TPSA) is 16.4 Å². The summed E-state index contributed by atoms with van der Waals surface area (Å²) in [6, 6.07) is 59.6. The van der Waals surface area contributed by atoms with Crippen molar-refractivity contribution in [1.82, 2.24) is 0 Å². The van der Waals surface area contributed by atoms with Crippen LogP contribution in [0.5, 0.6) is 0 Å². The predicted octanol–water partition coefficient (Wildman–Crippen LogP) is 14.5. The molecule has 0 fully saturated rings. The lowest BCUT2D eigenvalue weighted by molar-refractivity contribution is 0.591. The third-order valence-corrected chi connectivity index (χ3v) is 11.6. The van der Waals surface area contributed by atoms with E-state index in [1.165, 1.54) is 42.4 Å². The monoisotopic (exact) mass is 691 g/mol. The molecule has 1 atom stereocenters. The zero-order valence-corrected chi connectivity index (χ0v) is 30.7. The Bertz CT molecular complexity index is 2630. The van der Waals surface area contributed by atoms with Crippen molar-refractivity contribution >= 4 is 70.5 Å². The minimum Gasteiger partial charge on any atom is -0.456 e. The molecule has 0 aliphatic carbocycles. The van der Waals surface area contributed by atoms with Crippen LogP contribution >= 0.6 is 11.3 Å². The molecule has 0 spiro atoms. The molecule has 2 aromatic heterocycles. The highest BCUT2D eigenvalue weighted by Gasteiger charge is 2.22. The van der Waals surface area contributed by atoms with Gasteiger partial charge in [-0.2, -0.15) is 0 Å². The van der Waals surface area contributed by atoms with Crippen molar-refractivity contribution in [2.75, 3.05) is 4.90 Å². The van der Waals surface area contributed by atoms with E-state index < -0.39 is 0 Å². The van der Waals surface area contributed by atoms with Crippen LogP contribution in [0.2, 0.25) is 0 Å². The lowest BCUT2D eigenvalue weighted by Crippen LogP contribution is -2.10. The van der Waals surface area contributed by atoms with Gasteiger partial charge in [0.1, 0.15) is 11.2 Å². The maximum absolute atomic E-state index is 6.55. The maximum Gasteiger partial charge on any atom is 0.137 e. The van der Waals surface area contributed by atoms with Crippen LogP contribution in [-0.4, -0.2) is 0 Å². The molecule has 9 aromatic rings. The second-order valence-electron chi connectivity index (χ2n) is 14.9. The molecule has 254 valence electrons. The van der Waals surface area contributed by atoms with E-state index in [0.717, 1.165) is 51.8 Å². The Morgan fingerprint density at radius 3 is 1.98 bits per heavy atom. The summed E-state index contributed by atoms with van der Waals surface area (Å²) in [6.07, 6.45) is 1.98. The predicted molar refractivity (Wildman–Crippen MR) is 223 cm³/mol. The fourth-order valence-electron chi connectivity index (χ4n) is 7.78. The standard InChI is InChI=1S/C49H41NOS/c1-49(2,3)36-25-27-40-41-30-33(23-29-46(41)52-47(40)32-36)22-26-39(34-14-7-4-8-15-34)35-24-28-44-42(31-35)48-43(20-13-21-45(48)51-44)50(37-16-9-5-10-17-37)38-18-11-6-12-19-38/h4-21,23-25,27-32,39H,22,26H2,1-3H3. The number of nitrogens with zero attached hydrogens (tertiary/aromatic N) is 1. The first-order valence-electron chi connectivity index (χ1n) is 18.3. The van der Waals surface area contributed by atoms with Gasteiger partial charge in [-0.3, -0.25) is 0 Å². The molecule has 9 rings (SSSR count). The summed E-state index contributed by atoms with van der Waals surface area (Å²) in [5.41, 5.74) is 10.7. The highest BCUT2D eigenvalue weighted by molar-refractivity contribution is 7.25. The second kappa shape index (κ2) is 13.2. The van der Waals surface area contributed by atoms with E-state index >= 15 is 0 Å². The quantitative estimate of drug-likeness (QED) is 0.158. The summed E-state index contributed by atoms with van der Waals surface area (Å²) < 4.78 is 9.29. The number of rotatable bonds is 8. The SMILES string of the molecule is CC(C)(C)c1ccc2c(c1)sc1ccc(CCC(c3ccccc3)c3ccc4oc5cccc(N(c6ccccc6)c6ccccc6)c5c4c3)cc12. The highest BCUT2D eigenvalue weighted by Crippen LogP contribution is 2.44. The van der Waals surface area contributed by atoms with Crippen LogP contribution in [0.15, 0.2) is 168 Å². The van der Waals surface area contributed by atoms with E-state index in [2.05, 4.69) is 189 Å². The van der Waals surface area contributed by atoms with Gasteiger partial charge < -0.3 is 9.32 Å². The van der Waals surface area contributed by atoms with Gasteiger partial charge in [0.15, 0.2) is 0 Å². The zero-order valence-electron chi connectivity index (χ0n) is 29.8. The van der Waals surface area contributed by atoms with Crippen LogP contribution < -0.4 is 4.90 Å². The first-order valence-corrected chi connectivity index (χ1v) is 19.1. The van der Waals surface area contributed by atoms with Crippen LogP contribution in [0.4, 0.5) is 17.1 Å². The summed E-state index contributed by atoms with van der Waals surface area (Å²) in [4.78, 5) is 2.34. The molecule has 0 N–H and O–H groups in total. The normalized spacial score (nSPS) is 12.6. The van der Waals surface area contributed by atoms with Crippen molar-refractivity contribution in [2.45, 2.75) is 44.9 Å². The van der Waals surface area contributed by atoms with Crippen molar-refractivity contribution < 1.29 is 4.42 Å². The van der Waals surface area contributed by atoms with Crippen LogP contribution in [-0.2, 0) is 11.8 Å². The molecule has 3 heteroatoms. The van der Waals surface area contributed by atoms with E-state index in [-0.39, 0.29) is 11.3 Å². The van der Waals surface area contributed by atoms with Gasteiger partial charge in [-0.15, -0.1) is 11.3 Å². The minimum absolute atomic E-state index is 0.137. The third-order valence-electron chi connectivity index (χ3n) is 10.5. The van der Waals surface area contributed by atoms with E-state index in [4.69, 9.17) is 4.42 Å². The number of anilines is 3. The molecule has 2 heterocycles. The van der Waals surface area contributed by atoms with Crippen molar-refractivity contribution in [1.29, 1.82) is 0 Å². The van der Waals surface area contributed by atoms with E-state index in [1.807, 2.05) is 11.3 Å². The fourth-order valence-corrected chi connectivity index (χ4v) is 8.90. The molecule has 2 nitrogen and oxygen atoms in total. The number of benzene rings is 7. The molecule has 52 heavy (non-hydrogen) atoms. The Labute approximate surface area is 309 Å². The van der Waals surface area contributed by atoms with E-state index in [0.29, 0.717) is 0 Å². The van der Waals surface area contributed by atoms with Crippen LogP contribution in [0, 0.1) is 0 Å². The van der Waals surface area contributed by atoms with Gasteiger partial charge in [0.2, 0.25) is 0 Å². The summed E-state index contributed by atoms with van der Waals surface area (Å²) in [5, 5.41) is 5.00. The lowest BCUT2D eigenvalue weighted by Gasteiger charge is -2.26. The van der Waals surface area contributed by atoms with Gasteiger partial charge in [-0.25, -0.2) is 0 Å². The Morgan fingerprint density at radius 2 is 1.27 bits per heavy atom. The second-order valence-corrected chi connectivity index (χ2v) is 16.0. The van der Waals surface area contributed by atoms with Gasteiger partial charge in [0.05, 0.1) is 11.1 Å². The molecular weight excluding hydrogens is 651 g/mol. The van der Waals surface area contributed by atoms with Gasteiger partial charge in [0, 0.05) is 42.9 Å². The van der Waals surface area contributed by atoms with Gasteiger partial charge in [-0.1, -0.05) is 118 Å². The molecule has 0 saturated heterocycles. The number of para-hydroxylation sites is 2. The summed E-state index contributed by atoms with van der Waals surface area (Å²) in [7, 11) is 0. The van der Waals surface area contributed by atoms with Gasteiger partial charge >= 0.3 is 0 Å². The highest BCUT2D eigenvalue weighted by atomic mass is 32.1. The lowest BCUT2D eigenvalue weighted by atomic mass is 9.85. The van der Waals surface area contributed by atoms with Gasteiger partial charge in [0.25, 0.3) is 0 Å². The average Bonchev–Trinajstić information content (AvgIpc) is 3.74. The number of thiophene rings is 1. The number of hydrogen-bond donors (Lipinski definition) is 0. The van der Waals surface area contributed by atoms with Crippen LogP contribution in [0.3, 0.4) is 0 Å². The molecular formula is C49H41NOS. The Morgan fingerprint density at radius 1 is 0.558 bits per heavy atom. The third kappa shape index (κ3) is 5.95. The van der Waals surface area contributed by atoms with E-state index in [9.17, 15) is 0 Å². The average molecular weight is 692 g/mol. The maximum atomic E-state index is 6.55. The molecule has 0 saturated carbocycles. The summed E-state index contributed by atoms with van der Waals surface area (Å²) in [5.74, 6) is 0.228. The first kappa shape index (κ1) is 32.3.